The Balaban J connectivity index is 2.05. The summed E-state index contributed by atoms with van der Waals surface area (Å²) in [4.78, 5) is 0. The van der Waals surface area contributed by atoms with Crippen molar-refractivity contribution in [3.8, 4) is 5.75 Å². The zero-order chi connectivity index (χ0) is 13.5. The van der Waals surface area contributed by atoms with Crippen molar-refractivity contribution in [3.63, 3.8) is 0 Å². The van der Waals surface area contributed by atoms with Gasteiger partial charge in [-0.2, -0.15) is 0 Å². The molecule has 19 heavy (non-hydrogen) atoms. The van der Waals surface area contributed by atoms with Crippen molar-refractivity contribution in [1.82, 2.24) is 5.32 Å². The maximum atomic E-state index is 13.7. The minimum absolute atomic E-state index is 0.0938. The molecular weight excluding hydrogens is 245 g/mol. The zero-order valence-electron chi connectivity index (χ0n) is 11.5. The van der Waals surface area contributed by atoms with Crippen molar-refractivity contribution < 1.29 is 13.9 Å². The average molecular weight is 265 g/mol. The number of halogens is 1. The molecule has 104 valence electrons. The van der Waals surface area contributed by atoms with E-state index in [4.69, 9.17) is 9.47 Å². The highest BCUT2D eigenvalue weighted by atomic mass is 19.1. The van der Waals surface area contributed by atoms with Gasteiger partial charge in [0.05, 0.1) is 25.7 Å². The third-order valence-corrected chi connectivity index (χ3v) is 4.76. The second-order valence-corrected chi connectivity index (χ2v) is 5.73. The Morgan fingerprint density at radius 2 is 2.11 bits per heavy atom. The van der Waals surface area contributed by atoms with Gasteiger partial charge in [-0.05, 0) is 43.5 Å². The summed E-state index contributed by atoms with van der Waals surface area (Å²) in [6.07, 6.45) is 2.33. The van der Waals surface area contributed by atoms with Crippen LogP contribution in [0.3, 0.4) is 0 Å². The molecule has 2 aliphatic rings. The summed E-state index contributed by atoms with van der Waals surface area (Å²) in [5, 5.41) is 3.28. The second-order valence-electron chi connectivity index (χ2n) is 5.73. The van der Waals surface area contributed by atoms with E-state index in [-0.39, 0.29) is 16.6 Å². The van der Waals surface area contributed by atoms with Crippen molar-refractivity contribution >= 4 is 0 Å². The summed E-state index contributed by atoms with van der Waals surface area (Å²) in [5.74, 6) is 0.564. The number of ether oxygens (including phenoxy) is 2. The van der Waals surface area contributed by atoms with Crippen LogP contribution in [-0.2, 0) is 10.2 Å². The lowest BCUT2D eigenvalue weighted by Gasteiger charge is -2.49. The third-order valence-electron chi connectivity index (χ3n) is 4.76. The molecule has 0 aromatic heterocycles. The first-order valence-electron chi connectivity index (χ1n) is 6.74. The molecule has 1 aliphatic heterocycles. The summed E-state index contributed by atoms with van der Waals surface area (Å²) < 4.78 is 24.6. The van der Waals surface area contributed by atoms with Gasteiger partial charge in [-0.1, -0.05) is 0 Å². The first kappa shape index (κ1) is 12.9. The average Bonchev–Trinajstić information content (AvgIpc) is 3.09. The summed E-state index contributed by atoms with van der Waals surface area (Å²) in [7, 11) is 3.61. The maximum Gasteiger partial charge on any atom is 0.123 e. The Morgan fingerprint density at radius 1 is 1.37 bits per heavy atom. The predicted octanol–water partition coefficient (Wildman–Crippen LogP) is 2.10. The Bertz CT molecular complexity index is 481. The van der Waals surface area contributed by atoms with E-state index in [9.17, 15) is 4.39 Å². The lowest BCUT2D eigenvalue weighted by Crippen LogP contribution is -2.56. The van der Waals surface area contributed by atoms with Gasteiger partial charge in [-0.3, -0.25) is 0 Å². The molecule has 3 nitrogen and oxygen atoms in total. The predicted molar refractivity (Wildman–Crippen MR) is 71.0 cm³/mol. The van der Waals surface area contributed by atoms with Gasteiger partial charge in [-0.15, -0.1) is 0 Å². The zero-order valence-corrected chi connectivity index (χ0v) is 11.5. The van der Waals surface area contributed by atoms with Gasteiger partial charge in [-0.25, -0.2) is 4.39 Å². The van der Waals surface area contributed by atoms with Crippen LogP contribution in [0.2, 0.25) is 0 Å². The Hall–Kier alpha value is -1.13. The molecule has 1 N–H and O–H groups in total. The summed E-state index contributed by atoms with van der Waals surface area (Å²) in [5.41, 5.74) is 1.07. The maximum absolute atomic E-state index is 13.7. The number of methoxy groups -OCH3 is 1. The SMILES string of the molecule is CNCC1(C2(c3cc(F)ccc3OC)COC2)CC1. The summed E-state index contributed by atoms with van der Waals surface area (Å²) in [6.45, 7) is 2.26. The molecule has 0 unspecified atom stereocenters. The van der Waals surface area contributed by atoms with Gasteiger partial charge >= 0.3 is 0 Å². The number of hydrogen-bond acceptors (Lipinski definition) is 3. The minimum Gasteiger partial charge on any atom is -0.496 e. The number of rotatable bonds is 5. The van der Waals surface area contributed by atoms with E-state index in [1.807, 2.05) is 7.05 Å². The van der Waals surface area contributed by atoms with Crippen LogP contribution in [0.5, 0.6) is 5.75 Å². The molecule has 1 saturated carbocycles. The monoisotopic (exact) mass is 265 g/mol. The molecule has 1 aromatic rings. The van der Waals surface area contributed by atoms with E-state index in [0.29, 0.717) is 13.2 Å². The van der Waals surface area contributed by atoms with E-state index >= 15 is 0 Å². The minimum atomic E-state index is -0.206. The largest absolute Gasteiger partial charge is 0.496 e. The lowest BCUT2D eigenvalue weighted by molar-refractivity contribution is -0.0995. The van der Waals surface area contributed by atoms with Gasteiger partial charge in [0.25, 0.3) is 0 Å². The smallest absolute Gasteiger partial charge is 0.123 e. The van der Waals surface area contributed by atoms with Crippen molar-refractivity contribution in [3.05, 3.63) is 29.6 Å². The van der Waals surface area contributed by atoms with E-state index in [0.717, 1.165) is 30.7 Å². The Labute approximate surface area is 113 Å². The Kier molecular flexibility index (Phi) is 3.02. The fourth-order valence-corrected chi connectivity index (χ4v) is 3.42. The Morgan fingerprint density at radius 3 is 2.58 bits per heavy atom. The molecular formula is C15H20FNO2. The summed E-state index contributed by atoms with van der Waals surface area (Å²) >= 11 is 0. The lowest BCUT2D eigenvalue weighted by atomic mass is 9.65. The van der Waals surface area contributed by atoms with E-state index in [1.54, 1.807) is 19.2 Å². The van der Waals surface area contributed by atoms with Crippen molar-refractivity contribution in [2.24, 2.45) is 5.41 Å². The van der Waals surface area contributed by atoms with Gasteiger partial charge in [0.2, 0.25) is 0 Å². The van der Waals surface area contributed by atoms with Gasteiger partial charge in [0.15, 0.2) is 0 Å². The highest BCUT2D eigenvalue weighted by Gasteiger charge is 2.63. The summed E-state index contributed by atoms with van der Waals surface area (Å²) in [6, 6.07) is 4.80. The molecule has 0 spiro atoms. The normalized spacial score (nSPS) is 22.7. The number of nitrogens with one attached hydrogen (secondary N) is 1. The molecule has 0 amide bonds. The molecule has 4 heteroatoms. The van der Waals surface area contributed by atoms with Crippen LogP contribution in [0, 0.1) is 11.2 Å². The van der Waals surface area contributed by atoms with Crippen LogP contribution in [0.15, 0.2) is 18.2 Å². The van der Waals surface area contributed by atoms with Crippen molar-refractivity contribution in [2.75, 3.05) is 33.9 Å². The molecule has 3 rings (SSSR count). The fourth-order valence-electron chi connectivity index (χ4n) is 3.42. The molecule has 1 heterocycles. The standard InChI is InChI=1S/C15H20FNO2/c1-17-8-14(5-6-14)15(9-19-10-15)12-7-11(16)3-4-13(12)18-2/h3-4,7,17H,5-6,8-10H2,1-2H3. The van der Waals surface area contributed by atoms with Gasteiger partial charge < -0.3 is 14.8 Å². The number of benzene rings is 1. The molecule has 1 aliphatic carbocycles. The molecule has 2 fully saturated rings. The third kappa shape index (κ3) is 1.77. The quantitative estimate of drug-likeness (QED) is 0.884. The van der Waals surface area contributed by atoms with Crippen LogP contribution >= 0.6 is 0 Å². The van der Waals surface area contributed by atoms with Crippen LogP contribution in [0.25, 0.3) is 0 Å². The van der Waals surface area contributed by atoms with Gasteiger partial charge in [0, 0.05) is 12.1 Å². The molecule has 0 atom stereocenters. The van der Waals surface area contributed by atoms with Gasteiger partial charge in [0.1, 0.15) is 11.6 Å². The second kappa shape index (κ2) is 4.46. The van der Waals surface area contributed by atoms with E-state index in [2.05, 4.69) is 5.32 Å². The number of hydrogen-bond donors (Lipinski definition) is 1. The first-order chi connectivity index (χ1) is 9.17. The van der Waals surface area contributed by atoms with E-state index < -0.39 is 0 Å². The van der Waals surface area contributed by atoms with Crippen LogP contribution in [0.4, 0.5) is 4.39 Å². The molecule has 0 radical (unpaired) electrons. The van der Waals surface area contributed by atoms with E-state index in [1.165, 1.54) is 6.07 Å². The fraction of sp³-hybridized carbons (Fsp3) is 0.600. The van der Waals surface area contributed by atoms with Crippen molar-refractivity contribution in [2.45, 2.75) is 18.3 Å². The van der Waals surface area contributed by atoms with Crippen molar-refractivity contribution in [1.29, 1.82) is 0 Å². The molecule has 1 saturated heterocycles. The topological polar surface area (TPSA) is 30.5 Å². The highest BCUT2D eigenvalue weighted by molar-refractivity contribution is 5.45. The highest BCUT2D eigenvalue weighted by Crippen LogP contribution is 2.63. The first-order valence-corrected chi connectivity index (χ1v) is 6.74. The van der Waals surface area contributed by atoms with Crippen LogP contribution < -0.4 is 10.1 Å². The van der Waals surface area contributed by atoms with Crippen LogP contribution in [-0.4, -0.2) is 33.9 Å². The molecule has 1 aromatic carbocycles. The van der Waals surface area contributed by atoms with Crippen LogP contribution in [0.1, 0.15) is 18.4 Å². The molecule has 0 bridgehead atoms.